The number of hydrogen-bond donors (Lipinski definition) is 0. The molecule has 0 spiro atoms. The maximum atomic E-state index is 5.36. The third-order valence-corrected chi connectivity index (χ3v) is 2.83. The molecule has 1 aliphatic rings. The monoisotopic (exact) mass is 207 g/mol. The average molecular weight is 207 g/mol. The summed E-state index contributed by atoms with van der Waals surface area (Å²) >= 11 is 0. The number of nitrogens with zero attached hydrogens (tertiary/aromatic N) is 1. The fourth-order valence-electron chi connectivity index (χ4n) is 2.00. The third kappa shape index (κ3) is 2.01. The van der Waals surface area contributed by atoms with Crippen LogP contribution in [-0.2, 0) is 0 Å². The molecule has 3 nitrogen and oxygen atoms in total. The van der Waals surface area contributed by atoms with Gasteiger partial charge in [0.1, 0.15) is 11.5 Å². The number of methoxy groups -OCH3 is 2. The maximum Gasteiger partial charge on any atom is 0.142 e. The van der Waals surface area contributed by atoms with Gasteiger partial charge in [-0.05, 0) is 25.0 Å². The van der Waals surface area contributed by atoms with Gasteiger partial charge < -0.3 is 14.4 Å². The van der Waals surface area contributed by atoms with Crippen molar-refractivity contribution >= 4 is 5.69 Å². The van der Waals surface area contributed by atoms with Gasteiger partial charge in [0.2, 0.25) is 0 Å². The molecule has 0 radical (unpaired) electrons. The minimum absolute atomic E-state index is 0.887. The Morgan fingerprint density at radius 2 is 1.80 bits per heavy atom. The second kappa shape index (κ2) is 4.43. The first-order valence-electron chi connectivity index (χ1n) is 5.32. The number of rotatable bonds is 3. The summed E-state index contributed by atoms with van der Waals surface area (Å²) in [6.45, 7) is 2.23. The topological polar surface area (TPSA) is 21.7 Å². The molecule has 0 aliphatic carbocycles. The van der Waals surface area contributed by atoms with E-state index in [0.717, 1.165) is 30.3 Å². The lowest BCUT2D eigenvalue weighted by Gasteiger charge is -2.21. The lowest BCUT2D eigenvalue weighted by atomic mass is 10.2. The van der Waals surface area contributed by atoms with Crippen LogP contribution in [0.4, 0.5) is 5.69 Å². The van der Waals surface area contributed by atoms with Gasteiger partial charge in [-0.1, -0.05) is 0 Å². The predicted molar refractivity (Wildman–Crippen MR) is 61.0 cm³/mol. The van der Waals surface area contributed by atoms with Crippen molar-refractivity contribution in [1.82, 2.24) is 0 Å². The molecule has 1 saturated heterocycles. The summed E-state index contributed by atoms with van der Waals surface area (Å²) in [7, 11) is 3.40. The first kappa shape index (κ1) is 10.1. The second-order valence-electron chi connectivity index (χ2n) is 3.73. The summed E-state index contributed by atoms with van der Waals surface area (Å²) in [5.41, 5.74) is 1.15. The number of hydrogen-bond acceptors (Lipinski definition) is 3. The molecule has 0 atom stereocenters. The summed E-state index contributed by atoms with van der Waals surface area (Å²) in [6.07, 6.45) is 2.53. The predicted octanol–water partition coefficient (Wildman–Crippen LogP) is 2.30. The van der Waals surface area contributed by atoms with E-state index in [4.69, 9.17) is 9.47 Å². The van der Waals surface area contributed by atoms with Gasteiger partial charge in [-0.25, -0.2) is 0 Å². The highest BCUT2D eigenvalue weighted by Crippen LogP contribution is 2.33. The molecule has 0 saturated carbocycles. The number of ether oxygens (including phenoxy) is 2. The fraction of sp³-hybridized carbons (Fsp3) is 0.500. The molecule has 0 unspecified atom stereocenters. The first-order valence-corrected chi connectivity index (χ1v) is 5.32. The maximum absolute atomic E-state index is 5.36. The van der Waals surface area contributed by atoms with E-state index in [1.165, 1.54) is 12.8 Å². The smallest absolute Gasteiger partial charge is 0.142 e. The summed E-state index contributed by atoms with van der Waals surface area (Å²) in [5.74, 6) is 1.82. The van der Waals surface area contributed by atoms with Crippen LogP contribution in [0.25, 0.3) is 0 Å². The average Bonchev–Trinajstić information content (AvgIpc) is 2.81. The molecule has 1 aromatic carbocycles. The van der Waals surface area contributed by atoms with Crippen LogP contribution in [-0.4, -0.2) is 27.3 Å². The summed E-state index contributed by atoms with van der Waals surface area (Å²) in [4.78, 5) is 2.35. The Bertz CT molecular complexity index is 332. The van der Waals surface area contributed by atoms with Crippen molar-refractivity contribution < 1.29 is 9.47 Å². The fourth-order valence-corrected chi connectivity index (χ4v) is 2.00. The summed E-state index contributed by atoms with van der Waals surface area (Å²) < 4.78 is 10.6. The summed E-state index contributed by atoms with van der Waals surface area (Å²) in [6, 6.07) is 5.94. The van der Waals surface area contributed by atoms with Gasteiger partial charge >= 0.3 is 0 Å². The van der Waals surface area contributed by atoms with Crippen molar-refractivity contribution in [2.75, 3.05) is 32.2 Å². The molecule has 1 aliphatic heterocycles. The third-order valence-electron chi connectivity index (χ3n) is 2.83. The zero-order valence-electron chi connectivity index (χ0n) is 9.32. The van der Waals surface area contributed by atoms with Gasteiger partial charge in [0.25, 0.3) is 0 Å². The Balaban J connectivity index is 2.32. The van der Waals surface area contributed by atoms with E-state index in [1.54, 1.807) is 14.2 Å². The standard InChI is InChI=1S/C12H17NO2/c1-14-10-5-6-12(15-2)11(9-10)13-7-3-4-8-13/h5-6,9H,3-4,7-8H2,1-2H3. The van der Waals surface area contributed by atoms with Crippen LogP contribution >= 0.6 is 0 Å². The van der Waals surface area contributed by atoms with Gasteiger partial charge in [-0.15, -0.1) is 0 Å². The Labute approximate surface area is 90.6 Å². The first-order chi connectivity index (χ1) is 7.35. The zero-order valence-corrected chi connectivity index (χ0v) is 9.32. The van der Waals surface area contributed by atoms with Gasteiger partial charge in [-0.3, -0.25) is 0 Å². The van der Waals surface area contributed by atoms with E-state index >= 15 is 0 Å². The second-order valence-corrected chi connectivity index (χ2v) is 3.73. The van der Waals surface area contributed by atoms with Crippen LogP contribution in [0, 0.1) is 0 Å². The van der Waals surface area contributed by atoms with Crippen molar-refractivity contribution in [2.24, 2.45) is 0 Å². The van der Waals surface area contributed by atoms with Gasteiger partial charge in [-0.2, -0.15) is 0 Å². The molecular formula is C12H17NO2. The minimum atomic E-state index is 0.887. The lowest BCUT2D eigenvalue weighted by molar-refractivity contribution is 0.403. The molecule has 1 heterocycles. The molecule has 0 aromatic heterocycles. The van der Waals surface area contributed by atoms with Crippen molar-refractivity contribution in [3.63, 3.8) is 0 Å². The van der Waals surface area contributed by atoms with E-state index in [9.17, 15) is 0 Å². The van der Waals surface area contributed by atoms with E-state index < -0.39 is 0 Å². The molecule has 0 amide bonds. The lowest BCUT2D eigenvalue weighted by Crippen LogP contribution is -2.18. The number of benzene rings is 1. The van der Waals surface area contributed by atoms with E-state index in [2.05, 4.69) is 4.90 Å². The Morgan fingerprint density at radius 3 is 2.40 bits per heavy atom. The Kier molecular flexibility index (Phi) is 2.99. The molecular weight excluding hydrogens is 190 g/mol. The Hall–Kier alpha value is -1.38. The van der Waals surface area contributed by atoms with Gasteiger partial charge in [0.05, 0.1) is 19.9 Å². The molecule has 0 bridgehead atoms. The summed E-state index contributed by atoms with van der Waals surface area (Å²) in [5, 5.41) is 0. The van der Waals surface area contributed by atoms with Crippen LogP contribution in [0.3, 0.4) is 0 Å². The van der Waals surface area contributed by atoms with E-state index in [-0.39, 0.29) is 0 Å². The van der Waals surface area contributed by atoms with Crippen LogP contribution in [0.15, 0.2) is 18.2 Å². The van der Waals surface area contributed by atoms with Crippen molar-refractivity contribution in [1.29, 1.82) is 0 Å². The highest BCUT2D eigenvalue weighted by molar-refractivity contribution is 5.62. The number of anilines is 1. The normalized spacial score (nSPS) is 15.5. The van der Waals surface area contributed by atoms with Crippen molar-refractivity contribution in [2.45, 2.75) is 12.8 Å². The zero-order chi connectivity index (χ0) is 10.7. The molecule has 0 N–H and O–H groups in total. The minimum Gasteiger partial charge on any atom is -0.497 e. The SMILES string of the molecule is COc1ccc(OC)c(N2CCCC2)c1. The van der Waals surface area contributed by atoms with Crippen molar-refractivity contribution in [3.05, 3.63) is 18.2 Å². The highest BCUT2D eigenvalue weighted by atomic mass is 16.5. The van der Waals surface area contributed by atoms with E-state index in [1.807, 2.05) is 18.2 Å². The van der Waals surface area contributed by atoms with Crippen LogP contribution in [0.1, 0.15) is 12.8 Å². The molecule has 82 valence electrons. The van der Waals surface area contributed by atoms with E-state index in [0.29, 0.717) is 0 Å². The van der Waals surface area contributed by atoms with Crippen LogP contribution in [0.2, 0.25) is 0 Å². The van der Waals surface area contributed by atoms with Crippen LogP contribution < -0.4 is 14.4 Å². The molecule has 1 fully saturated rings. The molecule has 2 rings (SSSR count). The highest BCUT2D eigenvalue weighted by Gasteiger charge is 2.16. The van der Waals surface area contributed by atoms with Crippen molar-refractivity contribution in [3.8, 4) is 11.5 Å². The molecule has 1 aromatic rings. The van der Waals surface area contributed by atoms with Crippen LogP contribution in [0.5, 0.6) is 11.5 Å². The quantitative estimate of drug-likeness (QED) is 0.759. The Morgan fingerprint density at radius 1 is 1.07 bits per heavy atom. The molecule has 3 heteroatoms. The molecule has 15 heavy (non-hydrogen) atoms. The van der Waals surface area contributed by atoms with Gasteiger partial charge in [0.15, 0.2) is 0 Å². The largest absolute Gasteiger partial charge is 0.497 e. The van der Waals surface area contributed by atoms with Gasteiger partial charge in [0, 0.05) is 19.2 Å².